The lowest BCUT2D eigenvalue weighted by atomic mass is 9.81. The van der Waals surface area contributed by atoms with Crippen molar-refractivity contribution in [2.45, 2.75) is 38.8 Å². The topological polar surface area (TPSA) is 49.9 Å². The number of esters is 1. The third-order valence-corrected chi connectivity index (χ3v) is 4.92. The summed E-state index contributed by atoms with van der Waals surface area (Å²) in [6, 6.07) is 10.1. The van der Waals surface area contributed by atoms with Gasteiger partial charge in [-0.05, 0) is 25.8 Å². The van der Waals surface area contributed by atoms with Gasteiger partial charge in [-0.15, -0.1) is 0 Å². The van der Waals surface area contributed by atoms with Crippen LogP contribution in [-0.4, -0.2) is 41.6 Å². The molecule has 0 aliphatic carbocycles. The Hall–Kier alpha value is -1.88. The first-order valence-corrected chi connectivity index (χ1v) is 7.68. The highest BCUT2D eigenvalue weighted by Gasteiger charge is 2.54. The Balaban J connectivity index is 1.96. The van der Waals surface area contributed by atoms with Crippen LogP contribution in [0.4, 0.5) is 0 Å². The number of fused-ring (bicyclic) bond motifs is 1. The molecule has 3 rings (SSSR count). The molecule has 1 amide bonds. The number of amides is 1. The number of benzene rings is 1. The van der Waals surface area contributed by atoms with Crippen LogP contribution in [0.15, 0.2) is 30.3 Å². The highest BCUT2D eigenvalue weighted by molar-refractivity contribution is 5.82. The summed E-state index contributed by atoms with van der Waals surface area (Å²) in [6.45, 7) is 4.44. The molecule has 2 saturated heterocycles. The average molecular weight is 302 g/mol. The number of hydrogen-bond acceptors (Lipinski definition) is 4. The molecule has 2 aliphatic rings. The van der Waals surface area contributed by atoms with Gasteiger partial charge in [0.1, 0.15) is 0 Å². The molecule has 0 spiro atoms. The third-order valence-electron chi connectivity index (χ3n) is 4.92. The Morgan fingerprint density at radius 3 is 2.59 bits per heavy atom. The van der Waals surface area contributed by atoms with Gasteiger partial charge in [0.2, 0.25) is 5.91 Å². The molecule has 0 aromatic heterocycles. The van der Waals surface area contributed by atoms with Gasteiger partial charge in [0.25, 0.3) is 0 Å². The molecule has 22 heavy (non-hydrogen) atoms. The van der Waals surface area contributed by atoms with Gasteiger partial charge in [-0.25, -0.2) is 5.01 Å². The van der Waals surface area contributed by atoms with Crippen molar-refractivity contribution in [2.24, 2.45) is 5.41 Å². The molecule has 0 unspecified atom stereocenters. The van der Waals surface area contributed by atoms with Crippen LogP contribution >= 0.6 is 0 Å². The van der Waals surface area contributed by atoms with Crippen LogP contribution in [0.5, 0.6) is 0 Å². The van der Waals surface area contributed by atoms with Gasteiger partial charge >= 0.3 is 5.97 Å². The fraction of sp³-hybridized carbons (Fsp3) is 0.529. The van der Waals surface area contributed by atoms with Crippen molar-refractivity contribution in [1.29, 1.82) is 0 Å². The molecule has 118 valence electrons. The SMILES string of the molecule is COC(=O)C(C)(C)[C@@H]1C[C@H](c2ccccc2)N2CCC(=O)N12. The minimum Gasteiger partial charge on any atom is -0.469 e. The molecule has 0 bridgehead atoms. The van der Waals surface area contributed by atoms with E-state index >= 15 is 0 Å². The maximum absolute atomic E-state index is 12.3. The van der Waals surface area contributed by atoms with Crippen molar-refractivity contribution in [3.05, 3.63) is 35.9 Å². The predicted molar refractivity (Wildman–Crippen MR) is 81.6 cm³/mol. The largest absolute Gasteiger partial charge is 0.469 e. The van der Waals surface area contributed by atoms with Gasteiger partial charge in [0.15, 0.2) is 0 Å². The zero-order chi connectivity index (χ0) is 15.9. The Kier molecular flexibility index (Phi) is 3.68. The number of ether oxygens (including phenoxy) is 1. The van der Waals surface area contributed by atoms with Gasteiger partial charge in [-0.2, -0.15) is 0 Å². The summed E-state index contributed by atoms with van der Waals surface area (Å²) in [5, 5.41) is 3.92. The molecule has 1 aromatic rings. The summed E-state index contributed by atoms with van der Waals surface area (Å²) in [5.41, 5.74) is 0.460. The van der Waals surface area contributed by atoms with Gasteiger partial charge in [-0.1, -0.05) is 30.3 Å². The second-order valence-electron chi connectivity index (χ2n) is 6.54. The van der Waals surface area contributed by atoms with Crippen LogP contribution in [0, 0.1) is 5.41 Å². The molecular formula is C17H22N2O3. The van der Waals surface area contributed by atoms with Gasteiger partial charge < -0.3 is 4.74 Å². The van der Waals surface area contributed by atoms with Gasteiger partial charge in [0.05, 0.1) is 24.6 Å². The van der Waals surface area contributed by atoms with E-state index < -0.39 is 5.41 Å². The summed E-state index contributed by atoms with van der Waals surface area (Å²) in [7, 11) is 1.40. The van der Waals surface area contributed by atoms with E-state index in [1.165, 1.54) is 12.7 Å². The van der Waals surface area contributed by atoms with Gasteiger partial charge in [0, 0.05) is 13.0 Å². The summed E-state index contributed by atoms with van der Waals surface area (Å²) in [5.74, 6) is -0.175. The van der Waals surface area contributed by atoms with Crippen molar-refractivity contribution in [3.63, 3.8) is 0 Å². The van der Waals surface area contributed by atoms with Crippen molar-refractivity contribution in [1.82, 2.24) is 10.0 Å². The molecule has 2 heterocycles. The standard InChI is InChI=1S/C17H22N2O3/c1-17(2,16(21)22-3)14-11-13(12-7-5-4-6-8-12)18-10-9-15(20)19(14)18/h4-8,13-14H,9-11H2,1-3H3/t13-,14+/m1/s1. The molecule has 5 nitrogen and oxygen atoms in total. The number of rotatable bonds is 3. The minimum atomic E-state index is -0.726. The molecule has 0 radical (unpaired) electrons. The zero-order valence-electron chi connectivity index (χ0n) is 13.3. The highest BCUT2D eigenvalue weighted by Crippen LogP contribution is 2.46. The third kappa shape index (κ3) is 2.20. The molecule has 2 aliphatic heterocycles. The lowest BCUT2D eigenvalue weighted by Gasteiger charge is -2.35. The van der Waals surface area contributed by atoms with Crippen LogP contribution in [-0.2, 0) is 14.3 Å². The van der Waals surface area contributed by atoms with Crippen LogP contribution in [0.3, 0.4) is 0 Å². The Bertz CT molecular complexity index is 585. The Morgan fingerprint density at radius 1 is 1.27 bits per heavy atom. The lowest BCUT2D eigenvalue weighted by molar-refractivity contribution is -0.159. The van der Waals surface area contributed by atoms with E-state index in [2.05, 4.69) is 17.1 Å². The molecule has 1 aromatic carbocycles. The van der Waals surface area contributed by atoms with E-state index in [-0.39, 0.29) is 24.0 Å². The quantitative estimate of drug-likeness (QED) is 0.803. The molecule has 0 N–H and O–H groups in total. The second-order valence-corrected chi connectivity index (χ2v) is 6.54. The first-order valence-electron chi connectivity index (χ1n) is 7.68. The molecular weight excluding hydrogens is 280 g/mol. The number of nitrogens with zero attached hydrogens (tertiary/aromatic N) is 2. The molecule has 0 saturated carbocycles. The van der Waals surface area contributed by atoms with Crippen LogP contribution in [0.2, 0.25) is 0 Å². The van der Waals surface area contributed by atoms with Crippen molar-refractivity contribution in [2.75, 3.05) is 13.7 Å². The number of carbonyl (C=O) groups is 2. The summed E-state index contributed by atoms with van der Waals surface area (Å²) >= 11 is 0. The predicted octanol–water partition coefficient (Wildman–Crippen LogP) is 2.15. The van der Waals surface area contributed by atoms with Crippen LogP contribution in [0.1, 0.15) is 38.3 Å². The lowest BCUT2D eigenvalue weighted by Crippen LogP contribution is -2.49. The van der Waals surface area contributed by atoms with Crippen molar-refractivity contribution >= 4 is 11.9 Å². The van der Waals surface area contributed by atoms with E-state index in [9.17, 15) is 9.59 Å². The molecule has 2 fully saturated rings. The molecule has 5 heteroatoms. The van der Waals surface area contributed by atoms with Crippen LogP contribution < -0.4 is 0 Å². The number of hydrazine groups is 1. The maximum atomic E-state index is 12.3. The van der Waals surface area contributed by atoms with Crippen molar-refractivity contribution < 1.29 is 14.3 Å². The monoisotopic (exact) mass is 302 g/mol. The van der Waals surface area contributed by atoms with E-state index in [0.29, 0.717) is 13.0 Å². The minimum absolute atomic E-state index is 0.0976. The Labute approximate surface area is 130 Å². The fourth-order valence-corrected chi connectivity index (χ4v) is 3.65. The summed E-state index contributed by atoms with van der Waals surface area (Å²) < 4.78 is 4.96. The van der Waals surface area contributed by atoms with E-state index in [4.69, 9.17) is 4.74 Å². The summed E-state index contributed by atoms with van der Waals surface area (Å²) in [4.78, 5) is 24.5. The average Bonchev–Trinajstić information content (AvgIpc) is 3.08. The normalized spacial score (nSPS) is 25.4. The first-order chi connectivity index (χ1) is 10.5. The van der Waals surface area contributed by atoms with Crippen LogP contribution in [0.25, 0.3) is 0 Å². The zero-order valence-corrected chi connectivity index (χ0v) is 13.3. The first kappa shape index (κ1) is 15.0. The maximum Gasteiger partial charge on any atom is 0.313 e. The van der Waals surface area contributed by atoms with E-state index in [1.807, 2.05) is 32.0 Å². The number of carbonyl (C=O) groups excluding carboxylic acids is 2. The van der Waals surface area contributed by atoms with E-state index in [0.717, 1.165) is 6.42 Å². The number of hydrogen-bond donors (Lipinski definition) is 0. The molecule has 2 atom stereocenters. The summed E-state index contributed by atoms with van der Waals surface area (Å²) in [6.07, 6.45) is 1.26. The Morgan fingerprint density at radius 2 is 1.95 bits per heavy atom. The highest BCUT2D eigenvalue weighted by atomic mass is 16.5. The van der Waals surface area contributed by atoms with Gasteiger partial charge in [-0.3, -0.25) is 14.6 Å². The smallest absolute Gasteiger partial charge is 0.313 e. The number of methoxy groups -OCH3 is 1. The van der Waals surface area contributed by atoms with E-state index in [1.54, 1.807) is 5.01 Å². The fourth-order valence-electron chi connectivity index (χ4n) is 3.65. The van der Waals surface area contributed by atoms with Crippen molar-refractivity contribution in [3.8, 4) is 0 Å². The second kappa shape index (κ2) is 5.39.